The van der Waals surface area contributed by atoms with Crippen LogP contribution in [0.2, 0.25) is 5.02 Å². The number of rotatable bonds is 5. The van der Waals surface area contributed by atoms with E-state index in [1.54, 1.807) is 0 Å². The highest BCUT2D eigenvalue weighted by Crippen LogP contribution is 2.31. The number of piperidine rings is 2. The third-order valence-electron chi connectivity index (χ3n) is 6.48. The van der Waals surface area contributed by atoms with E-state index in [0.717, 1.165) is 17.5 Å². The van der Waals surface area contributed by atoms with E-state index in [2.05, 4.69) is 51.5 Å². The van der Waals surface area contributed by atoms with Crippen molar-refractivity contribution in [2.75, 3.05) is 46.8 Å². The predicted octanol–water partition coefficient (Wildman–Crippen LogP) is 3.52. The van der Waals surface area contributed by atoms with E-state index in [1.165, 1.54) is 63.8 Å². The van der Waals surface area contributed by atoms with E-state index in [1.807, 2.05) is 19.2 Å². The molecule has 2 N–H and O–H groups in total. The summed E-state index contributed by atoms with van der Waals surface area (Å²) in [6.45, 7) is 7.92. The molecule has 28 heavy (non-hydrogen) atoms. The number of nitrogens with zero attached hydrogens (tertiary/aromatic N) is 3. The average molecular weight is 406 g/mol. The van der Waals surface area contributed by atoms with Gasteiger partial charge >= 0.3 is 0 Å². The molecule has 2 aliphatic rings. The lowest BCUT2D eigenvalue weighted by Gasteiger charge is -2.50. The van der Waals surface area contributed by atoms with Crippen molar-refractivity contribution in [3.8, 4) is 0 Å². The molecule has 0 aliphatic carbocycles. The van der Waals surface area contributed by atoms with Gasteiger partial charge in [0.25, 0.3) is 0 Å². The predicted molar refractivity (Wildman–Crippen MR) is 119 cm³/mol. The zero-order valence-electron chi connectivity index (χ0n) is 17.7. The molecule has 5 nitrogen and oxygen atoms in total. The molecule has 156 valence electrons. The maximum absolute atomic E-state index is 6.02. The molecular weight excluding hydrogens is 370 g/mol. The largest absolute Gasteiger partial charge is 0.355 e. The molecule has 2 fully saturated rings. The molecule has 0 radical (unpaired) electrons. The number of likely N-dealkylation sites (tertiary alicyclic amines) is 2. The van der Waals surface area contributed by atoms with Crippen LogP contribution in [0.25, 0.3) is 0 Å². The lowest BCUT2D eigenvalue weighted by Crippen LogP contribution is -2.62. The van der Waals surface area contributed by atoms with Gasteiger partial charge in [-0.15, -0.1) is 0 Å². The van der Waals surface area contributed by atoms with Crippen molar-refractivity contribution in [1.82, 2.24) is 20.4 Å². The van der Waals surface area contributed by atoms with Crippen LogP contribution in [-0.2, 0) is 0 Å². The molecule has 1 aromatic carbocycles. The van der Waals surface area contributed by atoms with Crippen molar-refractivity contribution >= 4 is 17.6 Å². The van der Waals surface area contributed by atoms with Gasteiger partial charge < -0.3 is 15.5 Å². The first-order chi connectivity index (χ1) is 13.5. The van der Waals surface area contributed by atoms with Crippen molar-refractivity contribution in [2.24, 2.45) is 4.99 Å². The highest BCUT2D eigenvalue weighted by molar-refractivity contribution is 6.30. The van der Waals surface area contributed by atoms with Gasteiger partial charge in [0.1, 0.15) is 0 Å². The normalized spacial score (nSPS) is 22.6. The maximum atomic E-state index is 6.02. The van der Waals surface area contributed by atoms with E-state index >= 15 is 0 Å². The topological polar surface area (TPSA) is 42.9 Å². The highest BCUT2D eigenvalue weighted by Gasteiger charge is 2.39. The van der Waals surface area contributed by atoms with Crippen LogP contribution < -0.4 is 10.6 Å². The van der Waals surface area contributed by atoms with E-state index < -0.39 is 0 Å². The number of nitrogens with one attached hydrogen (secondary N) is 2. The Morgan fingerprint density at radius 3 is 2.36 bits per heavy atom. The van der Waals surface area contributed by atoms with Crippen LogP contribution in [0, 0.1) is 0 Å². The molecule has 3 rings (SSSR count). The Hall–Kier alpha value is -1.30. The van der Waals surface area contributed by atoms with Gasteiger partial charge in [-0.3, -0.25) is 9.89 Å². The van der Waals surface area contributed by atoms with E-state index in [-0.39, 0.29) is 11.6 Å². The fraction of sp³-hybridized carbons (Fsp3) is 0.682. The molecule has 1 atom stereocenters. The molecule has 2 heterocycles. The molecule has 2 aliphatic heterocycles. The van der Waals surface area contributed by atoms with Gasteiger partial charge in [0.2, 0.25) is 0 Å². The molecule has 6 heteroatoms. The van der Waals surface area contributed by atoms with Gasteiger partial charge in [-0.25, -0.2) is 0 Å². The first-order valence-corrected chi connectivity index (χ1v) is 11.1. The SMILES string of the molecule is CN=C(NCC1(N2CCCCC2)CCN(C)CC1)NC(C)c1ccc(Cl)cc1. The lowest BCUT2D eigenvalue weighted by molar-refractivity contribution is 0.0173. The second-order valence-electron chi connectivity index (χ2n) is 8.42. The Kier molecular flexibility index (Phi) is 7.61. The summed E-state index contributed by atoms with van der Waals surface area (Å²) in [5.41, 5.74) is 1.45. The Morgan fingerprint density at radius 1 is 1.11 bits per heavy atom. The van der Waals surface area contributed by atoms with Gasteiger partial charge in [0.05, 0.1) is 6.04 Å². The van der Waals surface area contributed by atoms with Crippen molar-refractivity contribution < 1.29 is 0 Å². The number of hydrogen-bond donors (Lipinski definition) is 2. The molecule has 0 amide bonds. The second-order valence-corrected chi connectivity index (χ2v) is 8.86. The lowest BCUT2D eigenvalue weighted by atomic mass is 9.84. The van der Waals surface area contributed by atoms with Crippen molar-refractivity contribution in [2.45, 2.75) is 50.6 Å². The molecule has 0 spiro atoms. The summed E-state index contributed by atoms with van der Waals surface area (Å²) in [5, 5.41) is 7.96. The van der Waals surface area contributed by atoms with Gasteiger partial charge in [0, 0.05) is 24.2 Å². The number of aliphatic imine (C=N–C) groups is 1. The van der Waals surface area contributed by atoms with Crippen LogP contribution in [0.4, 0.5) is 0 Å². The minimum absolute atomic E-state index is 0.173. The summed E-state index contributed by atoms with van der Waals surface area (Å²) in [6.07, 6.45) is 6.48. The quantitative estimate of drug-likeness (QED) is 0.581. The van der Waals surface area contributed by atoms with E-state index in [0.29, 0.717) is 0 Å². The number of benzene rings is 1. The molecule has 2 saturated heterocycles. The first kappa shape index (κ1) is 21.4. The Bertz CT molecular complexity index is 631. The monoisotopic (exact) mass is 405 g/mol. The van der Waals surface area contributed by atoms with Crippen LogP contribution in [0.3, 0.4) is 0 Å². The molecule has 0 bridgehead atoms. The molecule has 0 saturated carbocycles. The third kappa shape index (κ3) is 5.40. The van der Waals surface area contributed by atoms with Gasteiger partial charge in [-0.2, -0.15) is 0 Å². The van der Waals surface area contributed by atoms with Gasteiger partial charge in [-0.1, -0.05) is 30.2 Å². The van der Waals surface area contributed by atoms with E-state index in [4.69, 9.17) is 11.6 Å². The highest BCUT2D eigenvalue weighted by atomic mass is 35.5. The summed E-state index contributed by atoms with van der Waals surface area (Å²) in [4.78, 5) is 9.70. The van der Waals surface area contributed by atoms with Crippen LogP contribution in [0.1, 0.15) is 50.6 Å². The standard InChI is InChI=1S/C22H36ClN5/c1-18(19-7-9-20(23)10-8-19)26-21(24-2)25-17-22(11-15-27(3)16-12-22)28-13-5-4-6-14-28/h7-10,18H,4-6,11-17H2,1-3H3,(H2,24,25,26). The van der Waals surface area contributed by atoms with Crippen molar-refractivity contribution in [3.05, 3.63) is 34.9 Å². The number of guanidine groups is 1. The Balaban J connectivity index is 1.62. The Labute approximate surface area is 175 Å². The molecule has 0 aromatic heterocycles. The summed E-state index contributed by atoms with van der Waals surface area (Å²) in [6, 6.07) is 8.19. The summed E-state index contributed by atoms with van der Waals surface area (Å²) >= 11 is 6.02. The number of halogens is 1. The average Bonchev–Trinajstić information content (AvgIpc) is 2.73. The minimum Gasteiger partial charge on any atom is -0.355 e. The van der Waals surface area contributed by atoms with Crippen LogP contribution in [-0.4, -0.2) is 68.1 Å². The Morgan fingerprint density at radius 2 is 1.75 bits per heavy atom. The summed E-state index contributed by atoms with van der Waals surface area (Å²) < 4.78 is 0. The van der Waals surface area contributed by atoms with Gasteiger partial charge in [0.15, 0.2) is 5.96 Å². The third-order valence-corrected chi connectivity index (χ3v) is 6.73. The smallest absolute Gasteiger partial charge is 0.191 e. The van der Waals surface area contributed by atoms with Crippen LogP contribution in [0.5, 0.6) is 0 Å². The van der Waals surface area contributed by atoms with Crippen molar-refractivity contribution in [3.63, 3.8) is 0 Å². The summed E-state index contributed by atoms with van der Waals surface area (Å²) in [7, 11) is 4.09. The van der Waals surface area contributed by atoms with Gasteiger partial charge in [-0.05, 0) is 83.5 Å². The maximum Gasteiger partial charge on any atom is 0.191 e. The zero-order valence-corrected chi connectivity index (χ0v) is 18.4. The molecule has 1 aromatic rings. The van der Waals surface area contributed by atoms with Crippen molar-refractivity contribution in [1.29, 1.82) is 0 Å². The summed E-state index contributed by atoms with van der Waals surface area (Å²) in [5.74, 6) is 0.873. The van der Waals surface area contributed by atoms with Crippen LogP contribution >= 0.6 is 11.6 Å². The molecule has 1 unspecified atom stereocenters. The number of hydrogen-bond acceptors (Lipinski definition) is 3. The van der Waals surface area contributed by atoms with Crippen LogP contribution in [0.15, 0.2) is 29.3 Å². The fourth-order valence-electron chi connectivity index (χ4n) is 4.49. The second kappa shape index (κ2) is 9.95. The minimum atomic E-state index is 0.173. The zero-order chi connectivity index (χ0) is 20.0. The fourth-order valence-corrected chi connectivity index (χ4v) is 4.62. The first-order valence-electron chi connectivity index (χ1n) is 10.7. The molecular formula is C22H36ClN5. The van der Waals surface area contributed by atoms with E-state index in [9.17, 15) is 0 Å².